The van der Waals surface area contributed by atoms with Crippen LogP contribution in [0.4, 0.5) is 4.79 Å². The largest absolute Gasteiger partial charge is 0.497 e. The maximum atomic E-state index is 11.4. The Morgan fingerprint density at radius 1 is 1.32 bits per heavy atom. The van der Waals surface area contributed by atoms with Crippen LogP contribution in [0.1, 0.15) is 19.4 Å². The van der Waals surface area contributed by atoms with E-state index in [1.807, 2.05) is 30.3 Å². The smallest absolute Gasteiger partial charge is 0.318 e. The molecule has 0 bridgehead atoms. The van der Waals surface area contributed by atoms with Gasteiger partial charge in [0, 0.05) is 12.7 Å². The molecule has 104 valence electrons. The lowest BCUT2D eigenvalue weighted by atomic mass is 10.1. The molecular formula is C15H22N2O2. The van der Waals surface area contributed by atoms with Crippen LogP contribution in [-0.4, -0.2) is 19.7 Å². The second-order valence-corrected chi connectivity index (χ2v) is 4.60. The van der Waals surface area contributed by atoms with Crippen molar-refractivity contribution in [1.82, 2.24) is 10.6 Å². The highest BCUT2D eigenvalue weighted by Gasteiger charge is 1.98. The maximum absolute atomic E-state index is 11.4. The Balaban J connectivity index is 2.23. The minimum absolute atomic E-state index is 0.176. The molecule has 0 aliphatic carbocycles. The van der Waals surface area contributed by atoms with Crippen LogP contribution in [0.15, 0.2) is 36.5 Å². The number of allylic oxidation sites excluding steroid dienone is 1. The summed E-state index contributed by atoms with van der Waals surface area (Å²) in [5, 5.41) is 5.47. The fourth-order valence-corrected chi connectivity index (χ4v) is 1.48. The molecule has 0 fully saturated rings. The molecule has 0 aliphatic rings. The van der Waals surface area contributed by atoms with E-state index in [9.17, 15) is 4.79 Å². The number of hydrogen-bond acceptors (Lipinski definition) is 2. The Kier molecular flexibility index (Phi) is 6.50. The third-order valence-electron chi connectivity index (χ3n) is 2.55. The lowest BCUT2D eigenvalue weighted by Crippen LogP contribution is -2.33. The third kappa shape index (κ3) is 6.50. The van der Waals surface area contributed by atoms with Crippen LogP contribution in [0.2, 0.25) is 0 Å². The fourth-order valence-electron chi connectivity index (χ4n) is 1.48. The van der Waals surface area contributed by atoms with E-state index in [-0.39, 0.29) is 6.03 Å². The van der Waals surface area contributed by atoms with Crippen molar-refractivity contribution < 1.29 is 9.53 Å². The molecule has 19 heavy (non-hydrogen) atoms. The van der Waals surface area contributed by atoms with Gasteiger partial charge in [-0.15, -0.1) is 0 Å². The second kappa shape index (κ2) is 8.19. The highest BCUT2D eigenvalue weighted by Crippen LogP contribution is 2.11. The van der Waals surface area contributed by atoms with Gasteiger partial charge in [0.2, 0.25) is 0 Å². The van der Waals surface area contributed by atoms with Gasteiger partial charge in [-0.1, -0.05) is 32.1 Å². The Labute approximate surface area is 114 Å². The van der Waals surface area contributed by atoms with Crippen molar-refractivity contribution in [3.8, 4) is 5.75 Å². The van der Waals surface area contributed by atoms with Gasteiger partial charge in [0.15, 0.2) is 0 Å². The van der Waals surface area contributed by atoms with Gasteiger partial charge < -0.3 is 15.4 Å². The quantitative estimate of drug-likeness (QED) is 0.828. The first-order chi connectivity index (χ1) is 9.11. The van der Waals surface area contributed by atoms with Gasteiger partial charge in [-0.25, -0.2) is 4.79 Å². The van der Waals surface area contributed by atoms with Crippen LogP contribution in [0.5, 0.6) is 5.75 Å². The van der Waals surface area contributed by atoms with Crippen molar-refractivity contribution in [2.24, 2.45) is 5.92 Å². The Hall–Kier alpha value is -1.97. The Bertz CT molecular complexity index is 411. The fraction of sp³-hybridized carbons (Fsp3) is 0.400. The average Bonchev–Trinajstić information content (AvgIpc) is 2.39. The highest BCUT2D eigenvalue weighted by atomic mass is 16.5. The lowest BCUT2D eigenvalue weighted by Gasteiger charge is -2.06. The zero-order chi connectivity index (χ0) is 14.1. The molecular weight excluding hydrogens is 240 g/mol. The summed E-state index contributed by atoms with van der Waals surface area (Å²) in [5.41, 5.74) is 1.17. The summed E-state index contributed by atoms with van der Waals surface area (Å²) in [6, 6.07) is 7.65. The molecule has 0 aromatic heterocycles. The molecule has 0 spiro atoms. The van der Waals surface area contributed by atoms with E-state index in [0.29, 0.717) is 12.5 Å². The Morgan fingerprint density at radius 3 is 2.58 bits per heavy atom. The van der Waals surface area contributed by atoms with Gasteiger partial charge in [-0.3, -0.25) is 0 Å². The van der Waals surface area contributed by atoms with Crippen LogP contribution >= 0.6 is 0 Å². The maximum Gasteiger partial charge on any atom is 0.318 e. The molecule has 0 unspecified atom stereocenters. The first-order valence-corrected chi connectivity index (χ1v) is 6.46. The average molecular weight is 262 g/mol. The van der Waals surface area contributed by atoms with Crippen molar-refractivity contribution in [2.75, 3.05) is 13.7 Å². The van der Waals surface area contributed by atoms with Crippen LogP contribution in [0.25, 0.3) is 0 Å². The van der Waals surface area contributed by atoms with E-state index in [2.05, 4.69) is 24.5 Å². The van der Waals surface area contributed by atoms with E-state index >= 15 is 0 Å². The van der Waals surface area contributed by atoms with Gasteiger partial charge in [0.1, 0.15) is 5.75 Å². The lowest BCUT2D eigenvalue weighted by molar-refractivity contribution is 0.244. The van der Waals surface area contributed by atoms with Gasteiger partial charge in [-0.2, -0.15) is 0 Å². The summed E-state index contributed by atoms with van der Waals surface area (Å²) in [5.74, 6) is 1.27. The molecule has 0 radical (unpaired) electrons. The van der Waals surface area contributed by atoms with Crippen LogP contribution in [0.3, 0.4) is 0 Å². The van der Waals surface area contributed by atoms with E-state index in [0.717, 1.165) is 12.2 Å². The summed E-state index contributed by atoms with van der Waals surface area (Å²) in [7, 11) is 1.64. The number of hydrogen-bond donors (Lipinski definition) is 2. The molecule has 4 heteroatoms. The third-order valence-corrected chi connectivity index (χ3v) is 2.55. The van der Waals surface area contributed by atoms with E-state index < -0.39 is 0 Å². The number of amides is 2. The monoisotopic (exact) mass is 262 g/mol. The minimum atomic E-state index is -0.176. The number of benzene rings is 1. The first-order valence-electron chi connectivity index (χ1n) is 6.46. The summed E-state index contributed by atoms with van der Waals surface area (Å²) < 4.78 is 5.09. The number of carbonyl (C=O) groups is 1. The second-order valence-electron chi connectivity index (χ2n) is 4.60. The molecule has 0 atom stereocenters. The van der Waals surface area contributed by atoms with E-state index in [1.165, 1.54) is 5.56 Å². The Morgan fingerprint density at radius 2 is 2.00 bits per heavy atom. The van der Waals surface area contributed by atoms with E-state index in [4.69, 9.17) is 4.74 Å². The van der Waals surface area contributed by atoms with Crippen molar-refractivity contribution in [3.63, 3.8) is 0 Å². The number of carbonyl (C=O) groups excluding carboxylic acids is 1. The van der Waals surface area contributed by atoms with Crippen molar-refractivity contribution >= 4 is 6.03 Å². The molecule has 0 aliphatic heterocycles. The molecule has 0 saturated carbocycles. The zero-order valence-corrected chi connectivity index (χ0v) is 11.8. The van der Waals surface area contributed by atoms with Crippen molar-refractivity contribution in [1.29, 1.82) is 0 Å². The first kappa shape index (κ1) is 15.1. The van der Waals surface area contributed by atoms with Crippen molar-refractivity contribution in [3.05, 3.63) is 42.1 Å². The number of urea groups is 1. The zero-order valence-electron chi connectivity index (χ0n) is 11.8. The summed E-state index contributed by atoms with van der Waals surface area (Å²) in [6.07, 6.45) is 4.40. The normalized spacial score (nSPS) is 10.7. The number of ether oxygens (including phenoxy) is 1. The molecule has 1 rings (SSSR count). The van der Waals surface area contributed by atoms with Gasteiger partial charge >= 0.3 is 6.03 Å². The van der Waals surface area contributed by atoms with Crippen molar-refractivity contribution in [2.45, 2.75) is 20.3 Å². The number of rotatable bonds is 6. The highest BCUT2D eigenvalue weighted by molar-refractivity contribution is 5.74. The summed E-state index contributed by atoms with van der Waals surface area (Å²) in [4.78, 5) is 11.4. The predicted molar refractivity (Wildman–Crippen MR) is 77.2 cm³/mol. The summed E-state index contributed by atoms with van der Waals surface area (Å²) >= 11 is 0. The van der Waals surface area contributed by atoms with Gasteiger partial charge in [0.05, 0.1) is 7.11 Å². The van der Waals surface area contributed by atoms with Crippen LogP contribution in [-0.2, 0) is 6.42 Å². The van der Waals surface area contributed by atoms with Gasteiger partial charge in [0.25, 0.3) is 0 Å². The molecule has 4 nitrogen and oxygen atoms in total. The van der Waals surface area contributed by atoms with Crippen LogP contribution in [0, 0.1) is 5.92 Å². The predicted octanol–water partition coefficient (Wildman–Crippen LogP) is 2.71. The van der Waals surface area contributed by atoms with Gasteiger partial charge in [-0.05, 0) is 30.0 Å². The van der Waals surface area contributed by atoms with Crippen LogP contribution < -0.4 is 15.4 Å². The number of methoxy groups -OCH3 is 1. The standard InChI is InChI=1S/C15H22N2O2/c1-12(2)8-10-16-15(18)17-11-9-13-4-6-14(19-3)7-5-13/h4-8,10,12H,9,11H2,1-3H3,(H2,16,17,18)/b10-8+. The summed E-state index contributed by atoms with van der Waals surface area (Å²) in [6.45, 7) is 4.72. The molecule has 2 amide bonds. The molecule has 0 heterocycles. The number of nitrogens with one attached hydrogen (secondary N) is 2. The minimum Gasteiger partial charge on any atom is -0.497 e. The topological polar surface area (TPSA) is 50.4 Å². The molecule has 2 N–H and O–H groups in total. The molecule has 0 saturated heterocycles. The molecule has 1 aromatic rings. The SMILES string of the molecule is COc1ccc(CCNC(=O)N/C=C/C(C)C)cc1. The molecule has 1 aromatic carbocycles. The van der Waals surface area contributed by atoms with E-state index in [1.54, 1.807) is 13.3 Å².